The number of aliphatic hydroxyl groups excluding tert-OH is 2. The third kappa shape index (κ3) is 3.11. The summed E-state index contributed by atoms with van der Waals surface area (Å²) in [6.45, 7) is 5.14. The SMILES string of the molecule is C[C@@H]1C[C@H]1CO.C[C@H]1C[C@@H]1CO. The van der Waals surface area contributed by atoms with Gasteiger partial charge in [0.05, 0.1) is 0 Å². The van der Waals surface area contributed by atoms with Crippen LogP contribution in [0.15, 0.2) is 0 Å². The molecule has 2 N–H and O–H groups in total. The van der Waals surface area contributed by atoms with E-state index in [1.54, 1.807) is 0 Å². The zero-order chi connectivity index (χ0) is 9.14. The van der Waals surface area contributed by atoms with Gasteiger partial charge in [-0.05, 0) is 36.5 Å². The predicted octanol–water partition coefficient (Wildman–Crippen LogP) is 1.27. The average molecular weight is 172 g/mol. The lowest BCUT2D eigenvalue weighted by Gasteiger charge is -1.79. The van der Waals surface area contributed by atoms with Crippen LogP contribution in [0.25, 0.3) is 0 Å². The van der Waals surface area contributed by atoms with Crippen LogP contribution in [-0.2, 0) is 0 Å². The first-order valence-electron chi connectivity index (χ1n) is 4.90. The minimum atomic E-state index is 0.404. The molecule has 0 heterocycles. The first-order valence-corrected chi connectivity index (χ1v) is 4.90. The van der Waals surface area contributed by atoms with E-state index in [0.29, 0.717) is 25.0 Å². The molecule has 2 rings (SSSR count). The molecule has 0 unspecified atom stereocenters. The summed E-state index contributed by atoms with van der Waals surface area (Å²) in [5, 5.41) is 16.8. The van der Waals surface area contributed by atoms with Gasteiger partial charge < -0.3 is 10.2 Å². The van der Waals surface area contributed by atoms with Crippen LogP contribution < -0.4 is 0 Å². The summed E-state index contributed by atoms with van der Waals surface area (Å²) in [6, 6.07) is 0. The van der Waals surface area contributed by atoms with Crippen LogP contribution in [0.4, 0.5) is 0 Å². The molecule has 0 saturated heterocycles. The van der Waals surface area contributed by atoms with E-state index in [2.05, 4.69) is 13.8 Å². The summed E-state index contributed by atoms with van der Waals surface area (Å²) >= 11 is 0. The van der Waals surface area contributed by atoms with E-state index in [0.717, 1.165) is 11.8 Å². The monoisotopic (exact) mass is 172 g/mol. The highest BCUT2D eigenvalue weighted by Crippen LogP contribution is 2.36. The Morgan fingerprint density at radius 1 is 0.917 bits per heavy atom. The highest BCUT2D eigenvalue weighted by Gasteiger charge is 2.31. The van der Waals surface area contributed by atoms with Gasteiger partial charge >= 0.3 is 0 Å². The topological polar surface area (TPSA) is 40.5 Å². The summed E-state index contributed by atoms with van der Waals surface area (Å²) < 4.78 is 0. The Morgan fingerprint density at radius 3 is 1.17 bits per heavy atom. The van der Waals surface area contributed by atoms with Gasteiger partial charge in [-0.3, -0.25) is 0 Å². The summed E-state index contributed by atoms with van der Waals surface area (Å²) in [6.07, 6.45) is 2.49. The van der Waals surface area contributed by atoms with Crippen molar-refractivity contribution in [2.45, 2.75) is 26.7 Å². The smallest absolute Gasteiger partial charge is 0.0461 e. The quantitative estimate of drug-likeness (QED) is 0.658. The molecule has 2 aliphatic carbocycles. The largest absolute Gasteiger partial charge is 0.396 e. The molecular weight excluding hydrogens is 152 g/mol. The van der Waals surface area contributed by atoms with E-state index >= 15 is 0 Å². The van der Waals surface area contributed by atoms with Crippen molar-refractivity contribution in [1.29, 1.82) is 0 Å². The van der Waals surface area contributed by atoms with Crippen LogP contribution in [0.3, 0.4) is 0 Å². The molecule has 2 saturated carbocycles. The molecule has 0 aromatic carbocycles. The summed E-state index contributed by atoms with van der Waals surface area (Å²) in [4.78, 5) is 0. The van der Waals surface area contributed by atoms with Gasteiger partial charge in [-0.15, -0.1) is 0 Å². The molecule has 0 aromatic heterocycles. The van der Waals surface area contributed by atoms with Crippen molar-refractivity contribution >= 4 is 0 Å². The molecule has 2 aliphatic rings. The third-order valence-corrected chi connectivity index (χ3v) is 3.02. The van der Waals surface area contributed by atoms with Crippen LogP contribution in [0, 0.1) is 23.7 Å². The molecule has 12 heavy (non-hydrogen) atoms. The van der Waals surface area contributed by atoms with Gasteiger partial charge in [0.15, 0.2) is 0 Å². The second-order valence-corrected chi connectivity index (χ2v) is 4.31. The van der Waals surface area contributed by atoms with Crippen molar-refractivity contribution in [2.24, 2.45) is 23.7 Å². The molecule has 72 valence electrons. The van der Waals surface area contributed by atoms with Crippen molar-refractivity contribution in [3.8, 4) is 0 Å². The van der Waals surface area contributed by atoms with Crippen molar-refractivity contribution < 1.29 is 10.2 Å². The van der Waals surface area contributed by atoms with Gasteiger partial charge in [-0.2, -0.15) is 0 Å². The molecule has 0 bridgehead atoms. The fourth-order valence-electron chi connectivity index (χ4n) is 1.31. The lowest BCUT2D eigenvalue weighted by atomic mass is 10.4. The van der Waals surface area contributed by atoms with E-state index in [1.165, 1.54) is 12.8 Å². The molecule has 2 heteroatoms. The van der Waals surface area contributed by atoms with Gasteiger partial charge in [0.1, 0.15) is 0 Å². The zero-order valence-electron chi connectivity index (χ0n) is 8.03. The van der Waals surface area contributed by atoms with Gasteiger partial charge in [0.25, 0.3) is 0 Å². The minimum Gasteiger partial charge on any atom is -0.396 e. The molecule has 0 aliphatic heterocycles. The Labute approximate surface area is 74.6 Å². The standard InChI is InChI=1S/2C5H10O/c2*1-4-2-5(4)3-6/h2*4-6H,2-3H2,1H3/t2*4-,5+/m10/s1. The maximum Gasteiger partial charge on any atom is 0.0461 e. The Morgan fingerprint density at radius 2 is 1.17 bits per heavy atom. The van der Waals surface area contributed by atoms with Crippen LogP contribution in [-0.4, -0.2) is 23.4 Å². The molecule has 2 fully saturated rings. The fourth-order valence-corrected chi connectivity index (χ4v) is 1.31. The predicted molar refractivity (Wildman–Crippen MR) is 48.7 cm³/mol. The van der Waals surface area contributed by atoms with Crippen molar-refractivity contribution in [3.05, 3.63) is 0 Å². The molecule has 0 spiro atoms. The minimum absolute atomic E-state index is 0.404. The number of hydrogen-bond donors (Lipinski definition) is 2. The van der Waals surface area contributed by atoms with Gasteiger partial charge in [0, 0.05) is 13.2 Å². The molecule has 0 aromatic rings. The summed E-state index contributed by atoms with van der Waals surface area (Å²) in [5.41, 5.74) is 0. The Bertz CT molecular complexity index is 116. The first kappa shape index (κ1) is 10.0. The Hall–Kier alpha value is -0.0800. The van der Waals surface area contributed by atoms with Crippen molar-refractivity contribution in [2.75, 3.05) is 13.2 Å². The highest BCUT2D eigenvalue weighted by atomic mass is 16.3. The van der Waals surface area contributed by atoms with Gasteiger partial charge in [-0.1, -0.05) is 13.8 Å². The van der Waals surface area contributed by atoms with Gasteiger partial charge in [0.2, 0.25) is 0 Å². The van der Waals surface area contributed by atoms with Crippen molar-refractivity contribution in [3.63, 3.8) is 0 Å². The van der Waals surface area contributed by atoms with E-state index in [-0.39, 0.29) is 0 Å². The maximum atomic E-state index is 8.38. The van der Waals surface area contributed by atoms with E-state index < -0.39 is 0 Å². The van der Waals surface area contributed by atoms with Crippen LogP contribution in [0.2, 0.25) is 0 Å². The molecule has 0 radical (unpaired) electrons. The summed E-state index contributed by atoms with van der Waals surface area (Å²) in [7, 11) is 0. The average Bonchev–Trinajstić information content (AvgIpc) is 2.92. The molecule has 2 nitrogen and oxygen atoms in total. The fraction of sp³-hybridized carbons (Fsp3) is 1.00. The lowest BCUT2D eigenvalue weighted by Crippen LogP contribution is -1.83. The van der Waals surface area contributed by atoms with Crippen LogP contribution in [0.1, 0.15) is 26.7 Å². The van der Waals surface area contributed by atoms with E-state index in [9.17, 15) is 0 Å². The third-order valence-electron chi connectivity index (χ3n) is 3.02. The van der Waals surface area contributed by atoms with Crippen molar-refractivity contribution in [1.82, 2.24) is 0 Å². The lowest BCUT2D eigenvalue weighted by molar-refractivity contribution is 0.270. The number of aliphatic hydroxyl groups is 2. The van der Waals surface area contributed by atoms with Crippen LogP contribution in [0.5, 0.6) is 0 Å². The highest BCUT2D eigenvalue weighted by molar-refractivity contribution is 4.81. The normalized spacial score (nSPS) is 43.0. The second-order valence-electron chi connectivity index (χ2n) is 4.31. The van der Waals surface area contributed by atoms with E-state index in [1.807, 2.05) is 0 Å². The Balaban J connectivity index is 0.000000120. The second kappa shape index (κ2) is 4.24. The maximum absolute atomic E-state index is 8.38. The number of hydrogen-bond acceptors (Lipinski definition) is 2. The molecule has 4 atom stereocenters. The summed E-state index contributed by atoms with van der Waals surface area (Å²) in [5.74, 6) is 2.94. The molecule has 0 amide bonds. The molecular formula is C10H20O2. The van der Waals surface area contributed by atoms with Gasteiger partial charge in [-0.25, -0.2) is 0 Å². The Kier molecular flexibility index (Phi) is 3.53. The number of rotatable bonds is 2. The zero-order valence-corrected chi connectivity index (χ0v) is 8.03. The van der Waals surface area contributed by atoms with Crippen LogP contribution >= 0.6 is 0 Å². The van der Waals surface area contributed by atoms with E-state index in [4.69, 9.17) is 10.2 Å². The first-order chi connectivity index (χ1) is 5.69.